The Morgan fingerprint density at radius 3 is 2.41 bits per heavy atom. The fraction of sp³-hybridized carbons (Fsp3) is 0. The third-order valence-corrected chi connectivity index (χ3v) is 3.26. The SMILES string of the molecule is N#C/C(=C\c1ccc(-c2ccccc2F)o1)c1ccccc1. The van der Waals surface area contributed by atoms with E-state index in [-0.39, 0.29) is 5.82 Å². The monoisotopic (exact) mass is 289 g/mol. The van der Waals surface area contributed by atoms with Crippen molar-refractivity contribution in [2.24, 2.45) is 0 Å². The third-order valence-electron chi connectivity index (χ3n) is 3.26. The molecular weight excluding hydrogens is 277 g/mol. The zero-order chi connectivity index (χ0) is 15.4. The molecule has 1 heterocycles. The van der Waals surface area contributed by atoms with Crippen LogP contribution < -0.4 is 0 Å². The van der Waals surface area contributed by atoms with E-state index >= 15 is 0 Å². The Hall–Kier alpha value is -3.12. The number of halogens is 1. The van der Waals surface area contributed by atoms with Crippen LogP contribution in [-0.4, -0.2) is 0 Å². The van der Waals surface area contributed by atoms with Crippen LogP contribution >= 0.6 is 0 Å². The van der Waals surface area contributed by atoms with Gasteiger partial charge in [-0.25, -0.2) is 4.39 Å². The highest BCUT2D eigenvalue weighted by atomic mass is 19.1. The minimum atomic E-state index is -0.337. The number of nitrogens with zero attached hydrogens (tertiary/aromatic N) is 1. The van der Waals surface area contributed by atoms with Gasteiger partial charge in [0, 0.05) is 0 Å². The largest absolute Gasteiger partial charge is 0.457 e. The van der Waals surface area contributed by atoms with Crippen LogP contribution in [0.5, 0.6) is 0 Å². The van der Waals surface area contributed by atoms with E-state index in [1.54, 1.807) is 36.4 Å². The van der Waals surface area contributed by atoms with Crippen molar-refractivity contribution in [3.8, 4) is 17.4 Å². The second-order valence-corrected chi connectivity index (χ2v) is 4.72. The van der Waals surface area contributed by atoms with Gasteiger partial charge in [-0.2, -0.15) is 5.26 Å². The molecule has 0 atom stereocenters. The Bertz CT molecular complexity index is 856. The lowest BCUT2D eigenvalue weighted by Gasteiger charge is -1.99. The normalized spacial score (nSPS) is 11.2. The van der Waals surface area contributed by atoms with Gasteiger partial charge in [0.2, 0.25) is 0 Å². The van der Waals surface area contributed by atoms with Gasteiger partial charge in [-0.15, -0.1) is 0 Å². The van der Waals surface area contributed by atoms with E-state index in [2.05, 4.69) is 6.07 Å². The molecule has 22 heavy (non-hydrogen) atoms. The summed E-state index contributed by atoms with van der Waals surface area (Å²) in [4.78, 5) is 0. The van der Waals surface area contributed by atoms with Crippen molar-refractivity contribution >= 4 is 11.6 Å². The van der Waals surface area contributed by atoms with E-state index in [0.717, 1.165) is 5.56 Å². The molecule has 106 valence electrons. The van der Waals surface area contributed by atoms with Gasteiger partial charge < -0.3 is 4.42 Å². The quantitative estimate of drug-likeness (QED) is 0.625. The minimum absolute atomic E-state index is 0.337. The molecule has 0 aliphatic rings. The fourth-order valence-corrected chi connectivity index (χ4v) is 2.18. The molecule has 2 nitrogen and oxygen atoms in total. The molecule has 2 aromatic carbocycles. The molecule has 0 N–H and O–H groups in total. The van der Waals surface area contributed by atoms with E-state index in [1.807, 2.05) is 30.3 Å². The van der Waals surface area contributed by atoms with Gasteiger partial charge in [-0.3, -0.25) is 0 Å². The second-order valence-electron chi connectivity index (χ2n) is 4.72. The van der Waals surface area contributed by atoms with Crippen molar-refractivity contribution in [2.45, 2.75) is 0 Å². The molecule has 0 aliphatic heterocycles. The van der Waals surface area contributed by atoms with Gasteiger partial charge in [0.25, 0.3) is 0 Å². The third kappa shape index (κ3) is 2.82. The number of benzene rings is 2. The first-order valence-corrected chi connectivity index (χ1v) is 6.80. The van der Waals surface area contributed by atoms with Crippen LogP contribution in [0.1, 0.15) is 11.3 Å². The maximum atomic E-state index is 13.8. The first kappa shape index (κ1) is 13.8. The summed E-state index contributed by atoms with van der Waals surface area (Å²) in [5, 5.41) is 9.29. The first-order chi connectivity index (χ1) is 10.8. The minimum Gasteiger partial charge on any atom is -0.457 e. The van der Waals surface area contributed by atoms with Crippen LogP contribution in [0.3, 0.4) is 0 Å². The summed E-state index contributed by atoms with van der Waals surface area (Å²) in [6.07, 6.45) is 1.65. The van der Waals surface area contributed by atoms with Crippen molar-refractivity contribution in [3.05, 3.63) is 83.9 Å². The standard InChI is InChI=1S/C19H12FNO/c20-18-9-5-4-8-17(18)19-11-10-16(22-19)12-15(13-21)14-6-2-1-3-7-14/h1-12H/b15-12+. The molecule has 0 fully saturated rings. The van der Waals surface area contributed by atoms with Crippen molar-refractivity contribution in [3.63, 3.8) is 0 Å². The molecule has 3 rings (SSSR count). The maximum Gasteiger partial charge on any atom is 0.137 e. The molecule has 1 aromatic heterocycles. The van der Waals surface area contributed by atoms with Crippen LogP contribution in [0.25, 0.3) is 23.0 Å². The number of nitriles is 1. The predicted octanol–water partition coefficient (Wildman–Crippen LogP) is 5.15. The van der Waals surface area contributed by atoms with E-state index < -0.39 is 0 Å². The molecule has 0 radical (unpaired) electrons. The number of rotatable bonds is 3. The summed E-state index contributed by atoms with van der Waals surface area (Å²) in [5.74, 6) is 0.615. The van der Waals surface area contributed by atoms with Crippen molar-refractivity contribution in [2.75, 3.05) is 0 Å². The molecular formula is C19H12FNO. The number of hydrogen-bond donors (Lipinski definition) is 0. The number of furan rings is 1. The molecule has 0 unspecified atom stereocenters. The zero-order valence-corrected chi connectivity index (χ0v) is 11.7. The fourth-order valence-electron chi connectivity index (χ4n) is 2.18. The van der Waals surface area contributed by atoms with Crippen LogP contribution in [0, 0.1) is 17.1 Å². The summed E-state index contributed by atoms with van der Waals surface area (Å²) in [5.41, 5.74) is 1.71. The Balaban J connectivity index is 1.96. The lowest BCUT2D eigenvalue weighted by atomic mass is 10.1. The number of hydrogen-bond acceptors (Lipinski definition) is 2. The molecule has 0 saturated carbocycles. The van der Waals surface area contributed by atoms with E-state index in [9.17, 15) is 9.65 Å². The van der Waals surface area contributed by atoms with Gasteiger partial charge in [0.05, 0.1) is 17.2 Å². The molecule has 3 heteroatoms. The topological polar surface area (TPSA) is 36.9 Å². The molecule has 0 spiro atoms. The van der Waals surface area contributed by atoms with Gasteiger partial charge in [-0.05, 0) is 35.9 Å². The molecule has 3 aromatic rings. The van der Waals surface area contributed by atoms with Gasteiger partial charge >= 0.3 is 0 Å². The summed E-state index contributed by atoms with van der Waals surface area (Å²) in [6.45, 7) is 0. The Labute approximate surface area is 127 Å². The summed E-state index contributed by atoms with van der Waals surface area (Å²) in [6, 6.07) is 21.3. The lowest BCUT2D eigenvalue weighted by Crippen LogP contribution is -1.81. The molecule has 0 saturated heterocycles. The van der Waals surface area contributed by atoms with Gasteiger partial charge in [-0.1, -0.05) is 42.5 Å². The van der Waals surface area contributed by atoms with Crippen molar-refractivity contribution in [1.82, 2.24) is 0 Å². The summed E-state index contributed by atoms with van der Waals surface area (Å²) < 4.78 is 19.4. The smallest absolute Gasteiger partial charge is 0.137 e. The summed E-state index contributed by atoms with van der Waals surface area (Å²) in [7, 11) is 0. The molecule has 0 aliphatic carbocycles. The van der Waals surface area contributed by atoms with Crippen LogP contribution in [0.4, 0.5) is 4.39 Å². The highest BCUT2D eigenvalue weighted by molar-refractivity contribution is 5.88. The molecule has 0 bridgehead atoms. The maximum absolute atomic E-state index is 13.8. The van der Waals surface area contributed by atoms with E-state index in [1.165, 1.54) is 6.07 Å². The van der Waals surface area contributed by atoms with Gasteiger partial charge in [0.1, 0.15) is 17.3 Å². The number of allylic oxidation sites excluding steroid dienone is 1. The Morgan fingerprint density at radius 2 is 1.68 bits per heavy atom. The van der Waals surface area contributed by atoms with Crippen LogP contribution in [0.15, 0.2) is 71.1 Å². The zero-order valence-electron chi connectivity index (χ0n) is 11.7. The average molecular weight is 289 g/mol. The average Bonchev–Trinajstić information content (AvgIpc) is 3.02. The van der Waals surface area contributed by atoms with Crippen LogP contribution in [0.2, 0.25) is 0 Å². The molecule has 0 amide bonds. The van der Waals surface area contributed by atoms with E-state index in [4.69, 9.17) is 4.42 Å². The predicted molar refractivity (Wildman–Crippen MR) is 84.0 cm³/mol. The van der Waals surface area contributed by atoms with E-state index in [0.29, 0.717) is 22.7 Å². The first-order valence-electron chi connectivity index (χ1n) is 6.80. The Morgan fingerprint density at radius 1 is 0.955 bits per heavy atom. The highest BCUT2D eigenvalue weighted by Gasteiger charge is 2.09. The van der Waals surface area contributed by atoms with Crippen molar-refractivity contribution < 1.29 is 8.81 Å². The van der Waals surface area contributed by atoms with Crippen LogP contribution in [-0.2, 0) is 0 Å². The lowest BCUT2D eigenvalue weighted by molar-refractivity contribution is 0.561. The Kier molecular flexibility index (Phi) is 3.84. The summed E-state index contributed by atoms with van der Waals surface area (Å²) >= 11 is 0. The second kappa shape index (κ2) is 6.11. The highest BCUT2D eigenvalue weighted by Crippen LogP contribution is 2.26. The van der Waals surface area contributed by atoms with Crippen molar-refractivity contribution in [1.29, 1.82) is 5.26 Å². The van der Waals surface area contributed by atoms with Gasteiger partial charge in [0.15, 0.2) is 0 Å².